The number of hydrogen-bond donors (Lipinski definition) is 1. The molecule has 21 heavy (non-hydrogen) atoms. The quantitative estimate of drug-likeness (QED) is 0.838. The van der Waals surface area contributed by atoms with E-state index in [1.807, 2.05) is 0 Å². The summed E-state index contributed by atoms with van der Waals surface area (Å²) in [7, 11) is 0. The lowest BCUT2D eigenvalue weighted by atomic mass is 9.85. The van der Waals surface area contributed by atoms with Crippen LogP contribution in [-0.2, 0) is 6.54 Å². The van der Waals surface area contributed by atoms with Gasteiger partial charge in [-0.2, -0.15) is 0 Å². The molecule has 1 aromatic rings. The lowest BCUT2D eigenvalue weighted by molar-refractivity contribution is 0.325. The van der Waals surface area contributed by atoms with Gasteiger partial charge in [0.05, 0.1) is 6.20 Å². The number of halogens is 1. The number of anilines is 1. The van der Waals surface area contributed by atoms with Gasteiger partial charge in [-0.05, 0) is 43.7 Å². The molecule has 1 fully saturated rings. The number of hydrogen-bond acceptors (Lipinski definition) is 3. The molecule has 0 saturated carbocycles. The van der Waals surface area contributed by atoms with Crippen LogP contribution < -0.4 is 10.2 Å². The van der Waals surface area contributed by atoms with Crippen molar-refractivity contribution in [3.63, 3.8) is 0 Å². The molecule has 1 N–H and O–H groups in total. The molecule has 0 bridgehead atoms. The molecule has 118 valence electrons. The zero-order chi connectivity index (χ0) is 15.3. The van der Waals surface area contributed by atoms with Crippen molar-refractivity contribution in [1.82, 2.24) is 10.3 Å². The molecular weight excluding hydrogens is 265 g/mol. The highest BCUT2D eigenvalue weighted by Gasteiger charge is 2.24. The van der Waals surface area contributed by atoms with Crippen LogP contribution in [0.5, 0.6) is 0 Å². The summed E-state index contributed by atoms with van der Waals surface area (Å²) in [6.07, 6.45) is 6.00. The average Bonchev–Trinajstić information content (AvgIpc) is 2.60. The number of aromatic nitrogens is 1. The van der Waals surface area contributed by atoms with Gasteiger partial charge in [-0.3, -0.25) is 0 Å². The summed E-state index contributed by atoms with van der Waals surface area (Å²) in [5.41, 5.74) is 1.37. The van der Waals surface area contributed by atoms with Gasteiger partial charge in [0.25, 0.3) is 0 Å². The Labute approximate surface area is 127 Å². The van der Waals surface area contributed by atoms with Crippen molar-refractivity contribution in [2.45, 2.75) is 53.0 Å². The molecule has 4 heteroatoms. The van der Waals surface area contributed by atoms with E-state index in [1.54, 1.807) is 6.07 Å². The molecule has 1 aliphatic rings. The molecular formula is C17H28FN3. The van der Waals surface area contributed by atoms with Crippen molar-refractivity contribution in [2.24, 2.45) is 5.41 Å². The first-order valence-electron chi connectivity index (χ1n) is 8.12. The van der Waals surface area contributed by atoms with E-state index in [9.17, 15) is 4.39 Å². The Morgan fingerprint density at radius 3 is 2.90 bits per heavy atom. The second-order valence-corrected chi connectivity index (χ2v) is 6.82. The van der Waals surface area contributed by atoms with E-state index < -0.39 is 0 Å². The van der Waals surface area contributed by atoms with Crippen LogP contribution in [0.3, 0.4) is 0 Å². The summed E-state index contributed by atoms with van der Waals surface area (Å²) in [4.78, 5) is 6.71. The van der Waals surface area contributed by atoms with Gasteiger partial charge in [-0.15, -0.1) is 0 Å². The lowest BCUT2D eigenvalue weighted by Gasteiger charge is -2.26. The third-order valence-electron chi connectivity index (χ3n) is 4.29. The van der Waals surface area contributed by atoms with Crippen LogP contribution in [0.1, 0.15) is 52.0 Å². The Morgan fingerprint density at radius 1 is 1.33 bits per heavy atom. The SMILES string of the molecule is CCCNCc1cc(F)cnc1N1CCCC(C)(C)CC1. The molecule has 3 nitrogen and oxygen atoms in total. The highest BCUT2D eigenvalue weighted by Crippen LogP contribution is 2.32. The Hall–Kier alpha value is -1.16. The summed E-state index contributed by atoms with van der Waals surface area (Å²) >= 11 is 0. The fraction of sp³-hybridized carbons (Fsp3) is 0.706. The molecule has 1 aromatic heterocycles. The first kappa shape index (κ1) is 16.2. The summed E-state index contributed by atoms with van der Waals surface area (Å²) < 4.78 is 13.5. The Balaban J connectivity index is 2.13. The van der Waals surface area contributed by atoms with Gasteiger partial charge in [0, 0.05) is 25.2 Å². The zero-order valence-electron chi connectivity index (χ0n) is 13.6. The largest absolute Gasteiger partial charge is 0.356 e. The average molecular weight is 293 g/mol. The maximum absolute atomic E-state index is 13.5. The molecule has 2 rings (SSSR count). The van der Waals surface area contributed by atoms with E-state index >= 15 is 0 Å². The van der Waals surface area contributed by atoms with Crippen molar-refractivity contribution < 1.29 is 4.39 Å². The predicted molar refractivity (Wildman–Crippen MR) is 86.0 cm³/mol. The fourth-order valence-electron chi connectivity index (χ4n) is 2.92. The molecule has 1 saturated heterocycles. The first-order valence-corrected chi connectivity index (χ1v) is 8.12. The van der Waals surface area contributed by atoms with Crippen LogP contribution in [-0.4, -0.2) is 24.6 Å². The van der Waals surface area contributed by atoms with E-state index in [-0.39, 0.29) is 5.82 Å². The second kappa shape index (κ2) is 7.21. The topological polar surface area (TPSA) is 28.2 Å². The molecule has 0 atom stereocenters. The fourth-order valence-corrected chi connectivity index (χ4v) is 2.92. The zero-order valence-corrected chi connectivity index (χ0v) is 13.6. The molecule has 1 aliphatic heterocycles. The van der Waals surface area contributed by atoms with Crippen molar-refractivity contribution in [3.05, 3.63) is 23.6 Å². The maximum Gasteiger partial charge on any atom is 0.141 e. The summed E-state index contributed by atoms with van der Waals surface area (Å²) in [6.45, 7) is 10.5. The number of pyridine rings is 1. The highest BCUT2D eigenvalue weighted by molar-refractivity contribution is 5.47. The Kier molecular flexibility index (Phi) is 5.57. The van der Waals surface area contributed by atoms with Gasteiger partial charge in [0.1, 0.15) is 11.6 Å². The standard InChI is InChI=1S/C17H28FN3/c1-4-8-19-12-14-11-15(18)13-20-16(14)21-9-5-6-17(2,3)7-10-21/h11,13,19H,4-10,12H2,1-3H3. The minimum Gasteiger partial charge on any atom is -0.356 e. The van der Waals surface area contributed by atoms with Crippen LogP contribution in [0, 0.1) is 11.2 Å². The normalized spacial score (nSPS) is 18.6. The van der Waals surface area contributed by atoms with E-state index in [4.69, 9.17) is 0 Å². The van der Waals surface area contributed by atoms with Crippen LogP contribution in [0.25, 0.3) is 0 Å². The van der Waals surface area contributed by atoms with Gasteiger partial charge < -0.3 is 10.2 Å². The molecule has 0 unspecified atom stereocenters. The third kappa shape index (κ3) is 4.67. The predicted octanol–water partition coefficient (Wildman–Crippen LogP) is 3.74. The smallest absolute Gasteiger partial charge is 0.141 e. The molecule has 0 spiro atoms. The first-order chi connectivity index (χ1) is 10.0. The van der Waals surface area contributed by atoms with Crippen molar-refractivity contribution in [2.75, 3.05) is 24.5 Å². The van der Waals surface area contributed by atoms with Crippen LogP contribution in [0.15, 0.2) is 12.3 Å². The number of nitrogens with zero attached hydrogens (tertiary/aromatic N) is 2. The third-order valence-corrected chi connectivity index (χ3v) is 4.29. The Bertz CT molecular complexity index is 459. The van der Waals surface area contributed by atoms with Crippen LogP contribution in [0.2, 0.25) is 0 Å². The molecule has 0 aromatic carbocycles. The van der Waals surface area contributed by atoms with Gasteiger partial charge in [-0.25, -0.2) is 9.37 Å². The second-order valence-electron chi connectivity index (χ2n) is 6.82. The van der Waals surface area contributed by atoms with Crippen molar-refractivity contribution in [1.29, 1.82) is 0 Å². The van der Waals surface area contributed by atoms with E-state index in [2.05, 4.69) is 36.0 Å². The van der Waals surface area contributed by atoms with Gasteiger partial charge >= 0.3 is 0 Å². The van der Waals surface area contributed by atoms with Gasteiger partial charge in [0.2, 0.25) is 0 Å². The van der Waals surface area contributed by atoms with E-state index in [0.29, 0.717) is 12.0 Å². The summed E-state index contributed by atoms with van der Waals surface area (Å²) in [5, 5.41) is 3.36. The minimum absolute atomic E-state index is 0.248. The minimum atomic E-state index is -0.248. The monoisotopic (exact) mass is 293 g/mol. The Morgan fingerprint density at radius 2 is 2.14 bits per heavy atom. The number of rotatable bonds is 5. The van der Waals surface area contributed by atoms with Crippen molar-refractivity contribution in [3.8, 4) is 0 Å². The van der Waals surface area contributed by atoms with Gasteiger partial charge in [-0.1, -0.05) is 20.8 Å². The maximum atomic E-state index is 13.5. The van der Waals surface area contributed by atoms with Crippen LogP contribution >= 0.6 is 0 Å². The van der Waals surface area contributed by atoms with Crippen molar-refractivity contribution >= 4 is 5.82 Å². The molecule has 0 radical (unpaired) electrons. The molecule has 0 aliphatic carbocycles. The van der Waals surface area contributed by atoms with E-state index in [1.165, 1.54) is 19.0 Å². The summed E-state index contributed by atoms with van der Waals surface area (Å²) in [6, 6.07) is 1.63. The van der Waals surface area contributed by atoms with E-state index in [0.717, 1.165) is 43.9 Å². The highest BCUT2D eigenvalue weighted by atomic mass is 19.1. The molecule has 2 heterocycles. The summed E-state index contributed by atoms with van der Waals surface area (Å²) in [5.74, 6) is 0.708. The molecule has 0 amide bonds. The van der Waals surface area contributed by atoms with Gasteiger partial charge in [0.15, 0.2) is 0 Å². The van der Waals surface area contributed by atoms with Crippen LogP contribution in [0.4, 0.5) is 10.2 Å². The lowest BCUT2D eigenvalue weighted by Crippen LogP contribution is -2.28. The number of nitrogens with one attached hydrogen (secondary N) is 1.